The first-order valence-electron chi connectivity index (χ1n) is 9.39. The van der Waals surface area contributed by atoms with Crippen LogP contribution in [0.15, 0.2) is 24.3 Å². The number of rotatable bonds is 9. The molecule has 2 aliphatic rings. The van der Waals surface area contributed by atoms with Crippen molar-refractivity contribution in [2.45, 2.75) is 18.7 Å². The lowest BCUT2D eigenvalue weighted by Gasteiger charge is -2.33. The molecule has 26 heavy (non-hydrogen) atoms. The second kappa shape index (κ2) is 10.2. The fourth-order valence-corrected chi connectivity index (χ4v) is 3.58. The Morgan fingerprint density at radius 3 is 2.54 bits per heavy atom. The van der Waals surface area contributed by atoms with Gasteiger partial charge in [-0.1, -0.05) is 12.1 Å². The maximum absolute atomic E-state index is 10.4. The largest absolute Gasteiger partial charge is 0.491 e. The molecule has 146 valence electrons. The van der Waals surface area contributed by atoms with Gasteiger partial charge in [-0.25, -0.2) is 0 Å². The minimum Gasteiger partial charge on any atom is -0.491 e. The van der Waals surface area contributed by atoms with Gasteiger partial charge in [-0.2, -0.15) is 0 Å². The molecule has 0 amide bonds. The lowest BCUT2D eigenvalue weighted by Crippen LogP contribution is -2.48. The number of β-amino-alcohol motifs (C(OH)–C–C–N with tert-alkyl or cyclic N) is 1. The number of likely N-dealkylation sites (tertiary alicyclic amines) is 1. The fraction of sp³-hybridized carbons (Fsp3) is 0.684. The van der Waals surface area contributed by atoms with Crippen molar-refractivity contribution < 1.29 is 24.4 Å². The van der Waals surface area contributed by atoms with Gasteiger partial charge in [0.1, 0.15) is 12.4 Å². The van der Waals surface area contributed by atoms with E-state index >= 15 is 0 Å². The maximum atomic E-state index is 10.4. The van der Waals surface area contributed by atoms with Crippen LogP contribution in [0.4, 0.5) is 0 Å². The molecule has 7 nitrogen and oxygen atoms in total. The van der Waals surface area contributed by atoms with Gasteiger partial charge >= 0.3 is 0 Å². The third-order valence-corrected chi connectivity index (χ3v) is 4.91. The van der Waals surface area contributed by atoms with Crippen LogP contribution < -0.4 is 4.74 Å². The Balaban J connectivity index is 1.42. The molecule has 2 fully saturated rings. The molecule has 2 saturated heterocycles. The van der Waals surface area contributed by atoms with E-state index in [0.717, 1.165) is 45.1 Å². The first kappa shape index (κ1) is 19.5. The van der Waals surface area contributed by atoms with Crippen LogP contribution in [0.2, 0.25) is 0 Å². The van der Waals surface area contributed by atoms with Gasteiger partial charge in [0.25, 0.3) is 0 Å². The lowest BCUT2D eigenvalue weighted by molar-refractivity contribution is -0.00618. The third kappa shape index (κ3) is 5.64. The summed E-state index contributed by atoms with van der Waals surface area (Å²) in [5.74, 6) is 0.814. The second-order valence-electron chi connectivity index (χ2n) is 6.81. The minimum absolute atomic E-state index is 0.0340. The summed E-state index contributed by atoms with van der Waals surface area (Å²) in [5.41, 5.74) is 1.21. The van der Waals surface area contributed by atoms with Crippen molar-refractivity contribution in [3.05, 3.63) is 29.8 Å². The molecule has 1 aromatic rings. The second-order valence-corrected chi connectivity index (χ2v) is 6.81. The molecule has 0 aliphatic carbocycles. The van der Waals surface area contributed by atoms with Gasteiger partial charge in [-0.3, -0.25) is 9.80 Å². The molecule has 0 unspecified atom stereocenters. The van der Waals surface area contributed by atoms with Gasteiger partial charge < -0.3 is 24.4 Å². The number of morpholine rings is 1. The number of hydrogen-bond donors (Lipinski definition) is 2. The molecule has 2 aliphatic heterocycles. The average molecular weight is 366 g/mol. The first-order chi connectivity index (χ1) is 12.8. The van der Waals surface area contributed by atoms with E-state index in [4.69, 9.17) is 19.3 Å². The van der Waals surface area contributed by atoms with Crippen LogP contribution in [0.5, 0.6) is 5.75 Å². The summed E-state index contributed by atoms with van der Waals surface area (Å²) >= 11 is 0. The Bertz CT molecular complexity index is 521. The van der Waals surface area contributed by atoms with Crippen molar-refractivity contribution in [3.8, 4) is 5.75 Å². The summed E-state index contributed by atoms with van der Waals surface area (Å²) in [4.78, 5) is 4.66. The van der Waals surface area contributed by atoms with Crippen molar-refractivity contribution in [3.63, 3.8) is 0 Å². The number of nitrogens with zero attached hydrogens (tertiary/aromatic N) is 2. The van der Waals surface area contributed by atoms with Gasteiger partial charge in [0.2, 0.25) is 0 Å². The summed E-state index contributed by atoms with van der Waals surface area (Å²) in [6.45, 7) is 7.08. The number of ether oxygens (including phenoxy) is 3. The minimum atomic E-state index is -0.297. The summed E-state index contributed by atoms with van der Waals surface area (Å²) in [6, 6.07) is 8.28. The van der Waals surface area contributed by atoms with Gasteiger partial charge in [0.05, 0.1) is 39.1 Å². The van der Waals surface area contributed by atoms with Gasteiger partial charge in [-0.15, -0.1) is 0 Å². The molecule has 2 heterocycles. The van der Waals surface area contributed by atoms with E-state index in [1.54, 1.807) is 0 Å². The zero-order valence-corrected chi connectivity index (χ0v) is 15.3. The predicted octanol–water partition coefficient (Wildman–Crippen LogP) is -0.0484. The monoisotopic (exact) mass is 366 g/mol. The number of aliphatic hydroxyl groups excluding tert-OH is 2. The van der Waals surface area contributed by atoms with E-state index in [1.807, 2.05) is 12.1 Å². The van der Waals surface area contributed by atoms with Gasteiger partial charge in [0.15, 0.2) is 0 Å². The molecule has 7 heteroatoms. The van der Waals surface area contributed by atoms with E-state index in [-0.39, 0.29) is 18.8 Å². The van der Waals surface area contributed by atoms with Crippen molar-refractivity contribution >= 4 is 0 Å². The van der Waals surface area contributed by atoms with Crippen LogP contribution in [0, 0.1) is 0 Å². The van der Waals surface area contributed by atoms with E-state index < -0.39 is 0 Å². The Morgan fingerprint density at radius 2 is 1.81 bits per heavy atom. The van der Waals surface area contributed by atoms with Crippen molar-refractivity contribution in [1.82, 2.24) is 9.80 Å². The molecule has 3 rings (SSSR count). The van der Waals surface area contributed by atoms with Gasteiger partial charge in [-0.05, 0) is 17.7 Å². The highest BCUT2D eigenvalue weighted by molar-refractivity contribution is 5.27. The summed E-state index contributed by atoms with van der Waals surface area (Å²) < 4.78 is 16.2. The summed E-state index contributed by atoms with van der Waals surface area (Å²) in [7, 11) is 0. The summed E-state index contributed by atoms with van der Waals surface area (Å²) in [5, 5.41) is 19.1. The van der Waals surface area contributed by atoms with E-state index in [2.05, 4.69) is 21.9 Å². The molecule has 2 N–H and O–H groups in total. The predicted molar refractivity (Wildman–Crippen MR) is 97.3 cm³/mol. The Kier molecular flexibility index (Phi) is 7.67. The molecule has 0 spiro atoms. The number of hydrogen-bond acceptors (Lipinski definition) is 7. The average Bonchev–Trinajstić information content (AvgIpc) is 3.04. The normalized spacial score (nSPS) is 24.8. The van der Waals surface area contributed by atoms with Crippen LogP contribution in [-0.4, -0.2) is 98.0 Å². The first-order valence-corrected chi connectivity index (χ1v) is 9.39. The van der Waals surface area contributed by atoms with Crippen LogP contribution in [-0.2, 0) is 16.0 Å². The van der Waals surface area contributed by atoms with Crippen molar-refractivity contribution in [2.75, 3.05) is 65.8 Å². The van der Waals surface area contributed by atoms with Crippen molar-refractivity contribution in [1.29, 1.82) is 0 Å². The number of aliphatic hydroxyl groups is 2. The Morgan fingerprint density at radius 1 is 1.04 bits per heavy atom. The number of benzene rings is 1. The third-order valence-electron chi connectivity index (χ3n) is 4.91. The van der Waals surface area contributed by atoms with Crippen LogP contribution in [0.3, 0.4) is 0 Å². The van der Waals surface area contributed by atoms with E-state index in [1.165, 1.54) is 5.56 Å². The SMILES string of the molecule is OCCOCCOc1ccc(CN2C[C@H](O)[C@@H](N3CCOCC3)C2)cc1. The standard InChI is InChI=1S/C19H30N2O5/c22-7-10-25-11-12-26-17-3-1-16(2-4-17)13-20-14-18(19(23)15-20)21-5-8-24-9-6-21/h1-4,18-19,22-23H,5-15H2/t18-,19-/m0/s1. The van der Waals surface area contributed by atoms with E-state index in [0.29, 0.717) is 26.4 Å². The topological polar surface area (TPSA) is 74.6 Å². The van der Waals surface area contributed by atoms with Crippen LogP contribution in [0.1, 0.15) is 5.56 Å². The molecule has 0 saturated carbocycles. The highest BCUT2D eigenvalue weighted by Gasteiger charge is 2.35. The molecule has 0 aromatic heterocycles. The van der Waals surface area contributed by atoms with Crippen LogP contribution >= 0.6 is 0 Å². The van der Waals surface area contributed by atoms with Gasteiger partial charge in [0, 0.05) is 38.8 Å². The Labute approximate surface area is 155 Å². The molecular formula is C19H30N2O5. The molecule has 1 aromatic carbocycles. The Hall–Kier alpha value is -1.22. The molecule has 2 atom stereocenters. The van der Waals surface area contributed by atoms with Crippen LogP contribution in [0.25, 0.3) is 0 Å². The van der Waals surface area contributed by atoms with Crippen molar-refractivity contribution in [2.24, 2.45) is 0 Å². The highest BCUT2D eigenvalue weighted by atomic mass is 16.5. The molecule has 0 bridgehead atoms. The lowest BCUT2D eigenvalue weighted by atomic mass is 10.1. The maximum Gasteiger partial charge on any atom is 0.119 e. The molecular weight excluding hydrogens is 336 g/mol. The molecule has 0 radical (unpaired) electrons. The zero-order chi connectivity index (χ0) is 18.2. The highest BCUT2D eigenvalue weighted by Crippen LogP contribution is 2.21. The van der Waals surface area contributed by atoms with E-state index in [9.17, 15) is 5.11 Å². The zero-order valence-electron chi connectivity index (χ0n) is 15.3. The quantitative estimate of drug-likeness (QED) is 0.594. The summed E-state index contributed by atoms with van der Waals surface area (Å²) in [6.07, 6.45) is -0.297. The smallest absolute Gasteiger partial charge is 0.119 e. The fourth-order valence-electron chi connectivity index (χ4n) is 3.58.